The lowest BCUT2D eigenvalue weighted by Gasteiger charge is -2.25. The molecule has 1 aliphatic heterocycles. The zero-order chi connectivity index (χ0) is 10.7. The fourth-order valence-electron chi connectivity index (χ4n) is 1.97. The second-order valence-electron chi connectivity index (χ2n) is 3.89. The van der Waals surface area contributed by atoms with Crippen molar-refractivity contribution >= 4 is 11.7 Å². The molecule has 1 aromatic rings. The normalized spacial score (nSPS) is 18.9. The Hall–Kier alpha value is -1.51. The van der Waals surface area contributed by atoms with Gasteiger partial charge in [-0.1, -0.05) is 18.2 Å². The molecule has 0 saturated carbocycles. The molecule has 1 unspecified atom stereocenters. The molecule has 0 amide bonds. The quantitative estimate of drug-likeness (QED) is 0.749. The van der Waals surface area contributed by atoms with Crippen LogP contribution in [0.25, 0.3) is 0 Å². The number of methoxy groups -OCH3 is 1. The van der Waals surface area contributed by atoms with Gasteiger partial charge in [0.25, 0.3) is 0 Å². The number of fused-ring (bicyclic) bond motifs is 1. The maximum Gasteiger partial charge on any atom is 0.305 e. The summed E-state index contributed by atoms with van der Waals surface area (Å²) in [5, 5.41) is 3.33. The summed E-state index contributed by atoms with van der Waals surface area (Å²) in [4.78, 5) is 11.1. The van der Waals surface area contributed by atoms with Gasteiger partial charge in [-0.15, -0.1) is 0 Å². The third-order valence-electron chi connectivity index (χ3n) is 2.79. The van der Waals surface area contributed by atoms with E-state index >= 15 is 0 Å². The van der Waals surface area contributed by atoms with Gasteiger partial charge >= 0.3 is 5.97 Å². The Balaban J connectivity index is 2.02. The molecule has 1 aromatic carbocycles. The monoisotopic (exact) mass is 205 g/mol. The van der Waals surface area contributed by atoms with Gasteiger partial charge in [0, 0.05) is 12.2 Å². The predicted molar refractivity (Wildman–Crippen MR) is 58.8 cm³/mol. The summed E-state index contributed by atoms with van der Waals surface area (Å²) >= 11 is 0. The number of benzene rings is 1. The van der Waals surface area contributed by atoms with E-state index in [9.17, 15) is 4.79 Å². The zero-order valence-corrected chi connectivity index (χ0v) is 8.82. The molecule has 3 nitrogen and oxygen atoms in total. The smallest absolute Gasteiger partial charge is 0.305 e. The van der Waals surface area contributed by atoms with E-state index in [4.69, 9.17) is 0 Å². The first-order valence-electron chi connectivity index (χ1n) is 5.18. The van der Waals surface area contributed by atoms with Gasteiger partial charge in [-0.2, -0.15) is 0 Å². The number of hydrogen-bond acceptors (Lipinski definition) is 3. The zero-order valence-electron chi connectivity index (χ0n) is 8.82. The Morgan fingerprint density at radius 2 is 2.33 bits per heavy atom. The molecular formula is C12H15NO2. The number of para-hydroxylation sites is 1. The highest BCUT2D eigenvalue weighted by atomic mass is 16.5. The van der Waals surface area contributed by atoms with E-state index < -0.39 is 0 Å². The highest BCUT2D eigenvalue weighted by Gasteiger charge is 2.20. The van der Waals surface area contributed by atoms with Crippen molar-refractivity contribution < 1.29 is 9.53 Å². The minimum Gasteiger partial charge on any atom is -0.469 e. The van der Waals surface area contributed by atoms with Crippen LogP contribution in [0.15, 0.2) is 24.3 Å². The largest absolute Gasteiger partial charge is 0.469 e. The number of nitrogens with one attached hydrogen (secondary N) is 1. The van der Waals surface area contributed by atoms with Crippen molar-refractivity contribution in [3.63, 3.8) is 0 Å². The van der Waals surface area contributed by atoms with Gasteiger partial charge < -0.3 is 10.1 Å². The summed E-state index contributed by atoms with van der Waals surface area (Å²) in [6.45, 7) is 0.853. The molecule has 0 spiro atoms. The summed E-state index contributed by atoms with van der Waals surface area (Å²) in [5.41, 5.74) is 2.48. The molecule has 2 rings (SSSR count). The highest BCUT2D eigenvalue weighted by Crippen LogP contribution is 2.25. The maximum absolute atomic E-state index is 11.1. The molecule has 0 radical (unpaired) electrons. The Labute approximate surface area is 89.4 Å². The minimum atomic E-state index is -0.124. The average molecular weight is 205 g/mol. The molecule has 1 heterocycles. The number of rotatable bonds is 2. The number of carbonyl (C=O) groups is 1. The van der Waals surface area contributed by atoms with Gasteiger partial charge in [0.1, 0.15) is 0 Å². The lowest BCUT2D eigenvalue weighted by atomic mass is 9.92. The second kappa shape index (κ2) is 4.34. The van der Waals surface area contributed by atoms with Crippen molar-refractivity contribution in [3.8, 4) is 0 Å². The van der Waals surface area contributed by atoms with Crippen LogP contribution in [0.1, 0.15) is 12.0 Å². The van der Waals surface area contributed by atoms with E-state index in [1.165, 1.54) is 18.4 Å². The van der Waals surface area contributed by atoms with E-state index in [1.54, 1.807) is 0 Å². The van der Waals surface area contributed by atoms with Gasteiger partial charge in [-0.3, -0.25) is 4.79 Å². The van der Waals surface area contributed by atoms with E-state index in [0.29, 0.717) is 12.3 Å². The standard InChI is InChI=1S/C12H15NO2/c1-15-12(14)7-9-6-10-4-2-3-5-11(10)13-8-9/h2-5,9,13H,6-8H2,1H3. The molecule has 0 fully saturated rings. The molecule has 1 N–H and O–H groups in total. The molecule has 0 aromatic heterocycles. The molecule has 0 saturated heterocycles. The van der Waals surface area contributed by atoms with Crippen LogP contribution in [-0.2, 0) is 16.0 Å². The first-order chi connectivity index (χ1) is 7.29. The Bertz CT molecular complexity index is 362. The summed E-state index contributed by atoms with van der Waals surface area (Å²) in [5.74, 6) is 0.230. The summed E-state index contributed by atoms with van der Waals surface area (Å²) in [7, 11) is 1.44. The van der Waals surface area contributed by atoms with E-state index in [1.807, 2.05) is 12.1 Å². The lowest BCUT2D eigenvalue weighted by Crippen LogP contribution is -2.25. The number of esters is 1. The van der Waals surface area contributed by atoms with Gasteiger partial charge in [-0.05, 0) is 24.0 Å². The fourth-order valence-corrected chi connectivity index (χ4v) is 1.97. The third-order valence-corrected chi connectivity index (χ3v) is 2.79. The van der Waals surface area contributed by atoms with Gasteiger partial charge in [-0.25, -0.2) is 0 Å². The molecule has 0 aliphatic carbocycles. The van der Waals surface area contributed by atoms with Crippen molar-refractivity contribution in [3.05, 3.63) is 29.8 Å². The van der Waals surface area contributed by atoms with Crippen LogP contribution in [0.5, 0.6) is 0 Å². The molecular weight excluding hydrogens is 190 g/mol. The van der Waals surface area contributed by atoms with E-state index in [2.05, 4.69) is 22.2 Å². The number of carbonyl (C=O) groups excluding carboxylic acids is 1. The first kappa shape index (κ1) is 10.0. The van der Waals surface area contributed by atoms with Gasteiger partial charge in [0.2, 0.25) is 0 Å². The van der Waals surface area contributed by atoms with Crippen LogP contribution >= 0.6 is 0 Å². The van der Waals surface area contributed by atoms with Crippen molar-refractivity contribution in [2.24, 2.45) is 5.92 Å². The Kier molecular flexibility index (Phi) is 2.90. The average Bonchev–Trinajstić information content (AvgIpc) is 2.29. The molecule has 0 bridgehead atoms. The van der Waals surface area contributed by atoms with E-state index in [-0.39, 0.29) is 5.97 Å². The van der Waals surface area contributed by atoms with Crippen LogP contribution < -0.4 is 5.32 Å². The van der Waals surface area contributed by atoms with Crippen molar-refractivity contribution in [1.82, 2.24) is 0 Å². The van der Waals surface area contributed by atoms with E-state index in [0.717, 1.165) is 13.0 Å². The molecule has 3 heteroatoms. The Morgan fingerprint density at radius 3 is 3.13 bits per heavy atom. The van der Waals surface area contributed by atoms with Crippen molar-refractivity contribution in [2.75, 3.05) is 19.0 Å². The maximum atomic E-state index is 11.1. The van der Waals surface area contributed by atoms with Crippen molar-refractivity contribution in [1.29, 1.82) is 0 Å². The Morgan fingerprint density at radius 1 is 1.53 bits per heavy atom. The molecule has 80 valence electrons. The van der Waals surface area contributed by atoms with Crippen LogP contribution in [0, 0.1) is 5.92 Å². The summed E-state index contributed by atoms with van der Waals surface area (Å²) < 4.78 is 4.67. The number of anilines is 1. The minimum absolute atomic E-state index is 0.124. The van der Waals surface area contributed by atoms with Crippen LogP contribution in [0.3, 0.4) is 0 Å². The summed E-state index contributed by atoms with van der Waals surface area (Å²) in [6, 6.07) is 8.23. The predicted octanol–water partition coefficient (Wildman–Crippen LogP) is 1.83. The molecule has 1 aliphatic rings. The SMILES string of the molecule is COC(=O)CC1CNc2ccccc2C1. The second-order valence-corrected chi connectivity index (χ2v) is 3.89. The van der Waals surface area contributed by atoms with Crippen LogP contribution in [0.4, 0.5) is 5.69 Å². The highest BCUT2D eigenvalue weighted by molar-refractivity contribution is 5.70. The third kappa shape index (κ3) is 2.29. The lowest BCUT2D eigenvalue weighted by molar-refractivity contribution is -0.141. The summed E-state index contributed by atoms with van der Waals surface area (Å²) in [6.07, 6.45) is 1.45. The van der Waals surface area contributed by atoms with Crippen LogP contribution in [-0.4, -0.2) is 19.6 Å². The van der Waals surface area contributed by atoms with Crippen molar-refractivity contribution in [2.45, 2.75) is 12.8 Å². The fraction of sp³-hybridized carbons (Fsp3) is 0.417. The molecule has 1 atom stereocenters. The first-order valence-corrected chi connectivity index (χ1v) is 5.18. The number of ether oxygens (including phenoxy) is 1. The van der Waals surface area contributed by atoms with Gasteiger partial charge in [0.15, 0.2) is 0 Å². The van der Waals surface area contributed by atoms with Crippen LogP contribution in [0.2, 0.25) is 0 Å². The number of hydrogen-bond donors (Lipinski definition) is 1. The van der Waals surface area contributed by atoms with Gasteiger partial charge in [0.05, 0.1) is 13.5 Å². The molecule has 15 heavy (non-hydrogen) atoms. The topological polar surface area (TPSA) is 38.3 Å².